The largest absolute Gasteiger partial charge is 0.466 e. The lowest BCUT2D eigenvalue weighted by Crippen LogP contribution is -2.02. The molecule has 3 aromatic rings. The molecule has 0 aliphatic heterocycles. The standard InChI is InChI=1S/C16H15NO2/c1-9-8-13(11(3)19-9)16(18)15-10(2)17-14-7-5-4-6-12(14)15/h4-8,17H,1-3H3. The number of para-hydroxylation sites is 1. The lowest BCUT2D eigenvalue weighted by Gasteiger charge is -1.99. The van der Waals surface area contributed by atoms with Gasteiger partial charge in [-0.25, -0.2) is 0 Å². The van der Waals surface area contributed by atoms with Crippen LogP contribution in [0.25, 0.3) is 10.9 Å². The number of hydrogen-bond acceptors (Lipinski definition) is 2. The second-order valence-electron chi connectivity index (χ2n) is 4.83. The quantitative estimate of drug-likeness (QED) is 0.703. The molecule has 3 rings (SSSR count). The average Bonchev–Trinajstić information content (AvgIpc) is 2.87. The molecule has 0 aliphatic carbocycles. The van der Waals surface area contributed by atoms with E-state index in [0.29, 0.717) is 11.3 Å². The Labute approximate surface area is 111 Å². The molecule has 1 aromatic carbocycles. The minimum absolute atomic E-state index is 0.0179. The van der Waals surface area contributed by atoms with Crippen LogP contribution in [0.4, 0.5) is 0 Å². The average molecular weight is 253 g/mol. The molecule has 0 saturated carbocycles. The Morgan fingerprint density at radius 3 is 2.58 bits per heavy atom. The van der Waals surface area contributed by atoms with Crippen molar-refractivity contribution in [2.24, 2.45) is 0 Å². The van der Waals surface area contributed by atoms with E-state index in [2.05, 4.69) is 4.98 Å². The Morgan fingerprint density at radius 2 is 1.89 bits per heavy atom. The van der Waals surface area contributed by atoms with Crippen LogP contribution in [0.3, 0.4) is 0 Å². The van der Waals surface area contributed by atoms with Crippen LogP contribution in [-0.2, 0) is 0 Å². The molecule has 2 heterocycles. The van der Waals surface area contributed by atoms with E-state index >= 15 is 0 Å². The van der Waals surface area contributed by atoms with Gasteiger partial charge < -0.3 is 9.40 Å². The van der Waals surface area contributed by atoms with Crippen molar-refractivity contribution in [3.8, 4) is 0 Å². The molecule has 3 heteroatoms. The summed E-state index contributed by atoms with van der Waals surface area (Å²) < 4.78 is 5.45. The van der Waals surface area contributed by atoms with Gasteiger partial charge in [-0.1, -0.05) is 18.2 Å². The fraction of sp³-hybridized carbons (Fsp3) is 0.188. The zero-order chi connectivity index (χ0) is 13.6. The van der Waals surface area contributed by atoms with Crippen molar-refractivity contribution in [3.63, 3.8) is 0 Å². The maximum absolute atomic E-state index is 12.7. The summed E-state index contributed by atoms with van der Waals surface area (Å²) in [6.07, 6.45) is 0. The van der Waals surface area contributed by atoms with Crippen LogP contribution in [0.5, 0.6) is 0 Å². The maximum Gasteiger partial charge on any atom is 0.198 e. The first-order chi connectivity index (χ1) is 9.08. The lowest BCUT2D eigenvalue weighted by atomic mass is 10.0. The third-order valence-corrected chi connectivity index (χ3v) is 3.41. The van der Waals surface area contributed by atoms with Gasteiger partial charge in [0.25, 0.3) is 0 Å². The Balaban J connectivity index is 2.22. The van der Waals surface area contributed by atoms with Crippen LogP contribution in [0, 0.1) is 20.8 Å². The first-order valence-corrected chi connectivity index (χ1v) is 6.27. The van der Waals surface area contributed by atoms with Gasteiger partial charge in [-0.2, -0.15) is 0 Å². The van der Waals surface area contributed by atoms with E-state index in [1.807, 2.05) is 45.0 Å². The first kappa shape index (κ1) is 11.8. The van der Waals surface area contributed by atoms with E-state index in [9.17, 15) is 4.79 Å². The minimum atomic E-state index is 0.0179. The second kappa shape index (κ2) is 4.12. The van der Waals surface area contributed by atoms with Crippen LogP contribution in [0.2, 0.25) is 0 Å². The van der Waals surface area contributed by atoms with Crippen LogP contribution in [-0.4, -0.2) is 10.8 Å². The second-order valence-corrected chi connectivity index (χ2v) is 4.83. The van der Waals surface area contributed by atoms with Gasteiger partial charge >= 0.3 is 0 Å². The highest BCUT2D eigenvalue weighted by atomic mass is 16.3. The molecule has 2 aromatic heterocycles. The van der Waals surface area contributed by atoms with E-state index in [-0.39, 0.29) is 5.78 Å². The van der Waals surface area contributed by atoms with E-state index in [4.69, 9.17) is 4.42 Å². The third-order valence-electron chi connectivity index (χ3n) is 3.41. The van der Waals surface area contributed by atoms with Crippen LogP contribution in [0.15, 0.2) is 34.7 Å². The summed E-state index contributed by atoms with van der Waals surface area (Å²) in [6.45, 7) is 5.60. The first-order valence-electron chi connectivity index (χ1n) is 6.27. The summed E-state index contributed by atoms with van der Waals surface area (Å²) >= 11 is 0. The molecule has 1 N–H and O–H groups in total. The molecule has 0 radical (unpaired) electrons. The monoisotopic (exact) mass is 253 g/mol. The van der Waals surface area contributed by atoms with Gasteiger partial charge in [0.1, 0.15) is 11.5 Å². The van der Waals surface area contributed by atoms with Gasteiger partial charge in [0.15, 0.2) is 5.78 Å². The number of carbonyl (C=O) groups excluding carboxylic acids is 1. The molecule has 0 bridgehead atoms. The molecular formula is C16H15NO2. The van der Waals surface area contributed by atoms with Gasteiger partial charge in [0.2, 0.25) is 0 Å². The number of carbonyl (C=O) groups is 1. The van der Waals surface area contributed by atoms with Gasteiger partial charge in [-0.3, -0.25) is 4.79 Å². The number of H-pyrrole nitrogens is 1. The number of nitrogens with one attached hydrogen (secondary N) is 1. The highest BCUT2D eigenvalue weighted by Crippen LogP contribution is 2.26. The SMILES string of the molecule is Cc1cc(C(=O)c2c(C)[nH]c3ccccc23)c(C)o1. The Hall–Kier alpha value is -2.29. The summed E-state index contributed by atoms with van der Waals surface area (Å²) in [6, 6.07) is 9.65. The van der Waals surface area contributed by atoms with E-state index in [0.717, 1.165) is 27.9 Å². The minimum Gasteiger partial charge on any atom is -0.466 e. The number of benzene rings is 1. The van der Waals surface area contributed by atoms with Crippen molar-refractivity contribution in [3.05, 3.63) is 58.7 Å². The normalized spacial score (nSPS) is 11.1. The molecule has 96 valence electrons. The number of hydrogen-bond donors (Lipinski definition) is 1. The molecule has 3 nitrogen and oxygen atoms in total. The topological polar surface area (TPSA) is 46.0 Å². The summed E-state index contributed by atoms with van der Waals surface area (Å²) in [5, 5.41) is 0.961. The fourth-order valence-electron chi connectivity index (χ4n) is 2.56. The van der Waals surface area contributed by atoms with Crippen molar-refractivity contribution in [2.75, 3.05) is 0 Å². The van der Waals surface area contributed by atoms with Crippen LogP contribution in [0.1, 0.15) is 33.1 Å². The van der Waals surface area contributed by atoms with Gasteiger partial charge in [0, 0.05) is 16.6 Å². The molecular weight excluding hydrogens is 238 g/mol. The fourth-order valence-corrected chi connectivity index (χ4v) is 2.56. The molecule has 0 unspecified atom stereocenters. The predicted molar refractivity (Wildman–Crippen MR) is 74.7 cm³/mol. The van der Waals surface area contributed by atoms with Crippen molar-refractivity contribution in [2.45, 2.75) is 20.8 Å². The highest BCUT2D eigenvalue weighted by Gasteiger charge is 2.21. The smallest absolute Gasteiger partial charge is 0.198 e. The predicted octanol–water partition coefficient (Wildman–Crippen LogP) is 3.92. The molecule has 0 atom stereocenters. The zero-order valence-corrected chi connectivity index (χ0v) is 11.2. The summed E-state index contributed by atoms with van der Waals surface area (Å²) in [5.41, 5.74) is 3.26. The number of furan rings is 1. The van der Waals surface area contributed by atoms with E-state index in [1.165, 1.54) is 0 Å². The number of aromatic nitrogens is 1. The molecule has 0 spiro atoms. The van der Waals surface area contributed by atoms with Crippen LogP contribution < -0.4 is 0 Å². The van der Waals surface area contributed by atoms with E-state index in [1.54, 1.807) is 6.07 Å². The number of aryl methyl sites for hydroxylation is 3. The Kier molecular flexibility index (Phi) is 2.56. The van der Waals surface area contributed by atoms with Gasteiger partial charge in [0.05, 0.1) is 11.1 Å². The number of rotatable bonds is 2. The molecule has 0 fully saturated rings. The van der Waals surface area contributed by atoms with E-state index < -0.39 is 0 Å². The van der Waals surface area contributed by atoms with Crippen molar-refractivity contribution >= 4 is 16.7 Å². The number of ketones is 1. The zero-order valence-electron chi connectivity index (χ0n) is 11.2. The van der Waals surface area contributed by atoms with Crippen LogP contribution >= 0.6 is 0 Å². The molecule has 0 saturated heterocycles. The van der Waals surface area contributed by atoms with Gasteiger partial charge in [-0.15, -0.1) is 0 Å². The Morgan fingerprint density at radius 1 is 1.16 bits per heavy atom. The lowest BCUT2D eigenvalue weighted by molar-refractivity contribution is 0.103. The summed E-state index contributed by atoms with van der Waals surface area (Å²) in [5.74, 6) is 1.45. The highest BCUT2D eigenvalue weighted by molar-refractivity contribution is 6.17. The number of fused-ring (bicyclic) bond motifs is 1. The van der Waals surface area contributed by atoms with Crippen molar-refractivity contribution < 1.29 is 9.21 Å². The molecule has 19 heavy (non-hydrogen) atoms. The van der Waals surface area contributed by atoms with Crippen molar-refractivity contribution in [1.29, 1.82) is 0 Å². The number of aromatic amines is 1. The summed E-state index contributed by atoms with van der Waals surface area (Å²) in [7, 11) is 0. The molecule has 0 aliphatic rings. The molecule has 0 amide bonds. The Bertz CT molecular complexity index is 777. The van der Waals surface area contributed by atoms with Crippen molar-refractivity contribution in [1.82, 2.24) is 4.98 Å². The van der Waals surface area contributed by atoms with Gasteiger partial charge in [-0.05, 0) is 32.9 Å². The maximum atomic E-state index is 12.7. The summed E-state index contributed by atoms with van der Waals surface area (Å²) in [4.78, 5) is 15.9. The third kappa shape index (κ3) is 1.78.